The van der Waals surface area contributed by atoms with Crippen LogP contribution in [0.15, 0.2) is 60.7 Å². The Morgan fingerprint density at radius 3 is 2.46 bits per heavy atom. The highest BCUT2D eigenvalue weighted by molar-refractivity contribution is 6.30. The van der Waals surface area contributed by atoms with Crippen molar-refractivity contribution < 1.29 is 23.5 Å². The van der Waals surface area contributed by atoms with Gasteiger partial charge >= 0.3 is 6.03 Å². The number of halogens is 2. The Morgan fingerprint density at radius 2 is 1.77 bits per heavy atom. The molecule has 0 aliphatic carbocycles. The molecule has 182 valence electrons. The number of anilines is 1. The zero-order valence-corrected chi connectivity index (χ0v) is 20.1. The molecule has 4 rings (SSSR count). The fourth-order valence-electron chi connectivity index (χ4n) is 4.14. The van der Waals surface area contributed by atoms with Crippen LogP contribution in [0, 0.1) is 5.82 Å². The summed E-state index contributed by atoms with van der Waals surface area (Å²) < 4.78 is 24.5. The molecule has 1 aliphatic heterocycles. The minimum atomic E-state index is -0.499. The molecule has 0 radical (unpaired) electrons. The predicted octanol–water partition coefficient (Wildman–Crippen LogP) is 5.06. The second kappa shape index (κ2) is 10.7. The zero-order chi connectivity index (χ0) is 24.9. The van der Waals surface area contributed by atoms with Crippen molar-refractivity contribution in [2.45, 2.75) is 12.5 Å². The fourth-order valence-corrected chi connectivity index (χ4v) is 4.27. The normalized spacial score (nSPS) is 14.6. The Bertz CT molecular complexity index is 1240. The monoisotopic (exact) mass is 497 g/mol. The summed E-state index contributed by atoms with van der Waals surface area (Å²) >= 11 is 5.95. The van der Waals surface area contributed by atoms with Gasteiger partial charge in [0.05, 0.1) is 20.3 Å². The number of fused-ring (bicyclic) bond motifs is 1. The fraction of sp³-hybridized carbons (Fsp3) is 0.231. The molecule has 3 aromatic rings. The van der Waals surface area contributed by atoms with Crippen LogP contribution in [0.1, 0.15) is 27.5 Å². The lowest BCUT2D eigenvalue weighted by molar-refractivity contribution is 0.0936. The van der Waals surface area contributed by atoms with Crippen molar-refractivity contribution in [1.29, 1.82) is 0 Å². The van der Waals surface area contributed by atoms with Crippen molar-refractivity contribution in [1.82, 2.24) is 10.2 Å². The van der Waals surface area contributed by atoms with Gasteiger partial charge in [0.15, 0.2) is 11.5 Å². The first-order valence-corrected chi connectivity index (χ1v) is 11.4. The Labute approximate surface area is 207 Å². The lowest BCUT2D eigenvalue weighted by Crippen LogP contribution is -2.46. The molecule has 1 atom stereocenters. The number of methoxy groups -OCH3 is 2. The van der Waals surface area contributed by atoms with E-state index in [1.54, 1.807) is 43.4 Å². The van der Waals surface area contributed by atoms with Gasteiger partial charge in [-0.2, -0.15) is 0 Å². The van der Waals surface area contributed by atoms with E-state index in [1.165, 1.54) is 24.3 Å². The number of nitrogens with zero attached hydrogens (tertiary/aromatic N) is 1. The quantitative estimate of drug-likeness (QED) is 0.499. The van der Waals surface area contributed by atoms with E-state index in [4.69, 9.17) is 21.1 Å². The molecule has 0 fully saturated rings. The average Bonchev–Trinajstić information content (AvgIpc) is 2.87. The summed E-state index contributed by atoms with van der Waals surface area (Å²) in [7, 11) is 3.11. The smallest absolute Gasteiger partial charge is 0.322 e. The highest BCUT2D eigenvalue weighted by atomic mass is 35.5. The van der Waals surface area contributed by atoms with E-state index in [1.807, 2.05) is 12.1 Å². The number of amides is 3. The summed E-state index contributed by atoms with van der Waals surface area (Å²) in [5.41, 5.74) is 2.62. The molecule has 9 heteroatoms. The van der Waals surface area contributed by atoms with E-state index in [0.717, 1.165) is 11.1 Å². The molecule has 0 saturated heterocycles. The third kappa shape index (κ3) is 5.49. The van der Waals surface area contributed by atoms with Crippen LogP contribution in [0.5, 0.6) is 11.5 Å². The molecule has 1 aliphatic rings. The summed E-state index contributed by atoms with van der Waals surface area (Å²) in [5.74, 6) is 0.178. The minimum absolute atomic E-state index is 0.117. The standard InChI is InChI=1S/C26H25ClFN3O4/c1-34-23-13-16-10-11-31(26(33)30-20-8-6-18(27)7-9-20)22(21(16)14-24(23)35-2)15-29-25(32)17-4-3-5-19(28)12-17/h3-9,12-14,22H,10-11,15H2,1-2H3,(H,29,32)(H,30,33). The molecule has 1 heterocycles. The van der Waals surface area contributed by atoms with Gasteiger partial charge in [0.25, 0.3) is 5.91 Å². The molecule has 0 saturated carbocycles. The zero-order valence-electron chi connectivity index (χ0n) is 19.3. The van der Waals surface area contributed by atoms with Crippen molar-refractivity contribution in [2.24, 2.45) is 0 Å². The van der Waals surface area contributed by atoms with Crippen LogP contribution in [-0.2, 0) is 6.42 Å². The number of urea groups is 1. The lowest BCUT2D eigenvalue weighted by atomic mass is 9.91. The van der Waals surface area contributed by atoms with E-state index in [0.29, 0.717) is 35.2 Å². The van der Waals surface area contributed by atoms with Crippen molar-refractivity contribution in [3.63, 3.8) is 0 Å². The number of hydrogen-bond donors (Lipinski definition) is 2. The summed E-state index contributed by atoms with van der Waals surface area (Å²) in [6.45, 7) is 0.536. The van der Waals surface area contributed by atoms with Crippen LogP contribution in [-0.4, -0.2) is 44.1 Å². The first-order chi connectivity index (χ1) is 16.9. The summed E-state index contributed by atoms with van der Waals surface area (Å²) in [4.78, 5) is 27.7. The molecule has 2 N–H and O–H groups in total. The molecule has 1 unspecified atom stereocenters. The van der Waals surface area contributed by atoms with Crippen molar-refractivity contribution >= 4 is 29.2 Å². The molecular formula is C26H25ClFN3O4. The molecular weight excluding hydrogens is 473 g/mol. The van der Waals surface area contributed by atoms with Crippen LogP contribution in [0.3, 0.4) is 0 Å². The second-order valence-corrected chi connectivity index (χ2v) is 8.46. The van der Waals surface area contributed by atoms with Gasteiger partial charge in [0.1, 0.15) is 5.82 Å². The SMILES string of the molecule is COc1cc2c(cc1OC)C(CNC(=O)c1cccc(F)c1)N(C(=O)Nc1ccc(Cl)cc1)CC2. The van der Waals surface area contributed by atoms with E-state index in [2.05, 4.69) is 10.6 Å². The molecule has 0 aromatic heterocycles. The molecule has 35 heavy (non-hydrogen) atoms. The second-order valence-electron chi connectivity index (χ2n) is 8.02. The van der Waals surface area contributed by atoms with Crippen molar-refractivity contribution in [2.75, 3.05) is 32.6 Å². The summed E-state index contributed by atoms with van der Waals surface area (Å²) in [6.07, 6.45) is 0.595. The summed E-state index contributed by atoms with van der Waals surface area (Å²) in [6, 6.07) is 15.2. The highest BCUT2D eigenvalue weighted by Gasteiger charge is 2.32. The van der Waals surface area contributed by atoms with Crippen LogP contribution < -0.4 is 20.1 Å². The number of hydrogen-bond acceptors (Lipinski definition) is 4. The predicted molar refractivity (Wildman–Crippen MR) is 132 cm³/mol. The minimum Gasteiger partial charge on any atom is -0.493 e. The van der Waals surface area contributed by atoms with Crippen molar-refractivity contribution in [3.8, 4) is 11.5 Å². The van der Waals surface area contributed by atoms with Gasteiger partial charge < -0.3 is 25.0 Å². The number of benzene rings is 3. The van der Waals surface area contributed by atoms with Gasteiger partial charge in [-0.25, -0.2) is 9.18 Å². The molecule has 3 aromatic carbocycles. The van der Waals surface area contributed by atoms with Crippen molar-refractivity contribution in [3.05, 3.63) is 88.2 Å². The van der Waals surface area contributed by atoms with Gasteiger partial charge in [0, 0.05) is 29.4 Å². The number of rotatable bonds is 6. The summed E-state index contributed by atoms with van der Waals surface area (Å²) in [5, 5.41) is 6.29. The number of carbonyl (C=O) groups excluding carboxylic acids is 2. The van der Waals surface area contributed by atoms with Crippen LogP contribution in [0.4, 0.5) is 14.9 Å². The van der Waals surface area contributed by atoms with E-state index >= 15 is 0 Å². The highest BCUT2D eigenvalue weighted by Crippen LogP contribution is 2.38. The van der Waals surface area contributed by atoms with E-state index in [-0.39, 0.29) is 18.1 Å². The first-order valence-electron chi connectivity index (χ1n) is 11.0. The third-order valence-electron chi connectivity index (χ3n) is 5.90. The van der Waals surface area contributed by atoms with E-state index in [9.17, 15) is 14.0 Å². The Morgan fingerprint density at radius 1 is 1.06 bits per heavy atom. The first kappa shape index (κ1) is 24.3. The van der Waals surface area contributed by atoms with E-state index < -0.39 is 17.8 Å². The van der Waals surface area contributed by atoms with Gasteiger partial charge in [0.2, 0.25) is 0 Å². The Hall–Kier alpha value is -3.78. The largest absolute Gasteiger partial charge is 0.493 e. The molecule has 0 bridgehead atoms. The van der Waals surface area contributed by atoms with Gasteiger partial charge in [-0.3, -0.25) is 4.79 Å². The van der Waals surface area contributed by atoms with Gasteiger partial charge in [-0.1, -0.05) is 17.7 Å². The number of ether oxygens (including phenoxy) is 2. The third-order valence-corrected chi connectivity index (χ3v) is 6.15. The maximum Gasteiger partial charge on any atom is 0.322 e. The Balaban J connectivity index is 1.62. The maximum absolute atomic E-state index is 13.6. The molecule has 7 nitrogen and oxygen atoms in total. The Kier molecular flexibility index (Phi) is 7.41. The van der Waals surface area contributed by atoms with Gasteiger partial charge in [-0.05, 0) is 72.1 Å². The van der Waals surface area contributed by atoms with Gasteiger partial charge in [-0.15, -0.1) is 0 Å². The number of carbonyl (C=O) groups is 2. The van der Waals surface area contributed by atoms with Crippen LogP contribution in [0.2, 0.25) is 5.02 Å². The van der Waals surface area contributed by atoms with Crippen LogP contribution >= 0.6 is 11.6 Å². The maximum atomic E-state index is 13.6. The average molecular weight is 498 g/mol. The molecule has 3 amide bonds. The lowest BCUT2D eigenvalue weighted by Gasteiger charge is -2.38. The topological polar surface area (TPSA) is 79.9 Å². The number of nitrogens with one attached hydrogen (secondary N) is 2. The van der Waals surface area contributed by atoms with Crippen LogP contribution in [0.25, 0.3) is 0 Å². The molecule has 0 spiro atoms.